The predicted octanol–water partition coefficient (Wildman–Crippen LogP) is 2.94. The largest absolute Gasteiger partial charge is 0.476 e. The number of rotatable bonds is 3. The second-order valence-corrected chi connectivity index (χ2v) is 5.27. The number of benzene rings is 2. The van der Waals surface area contributed by atoms with E-state index in [0.29, 0.717) is 0 Å². The van der Waals surface area contributed by atoms with Crippen LogP contribution in [0.1, 0.15) is 16.1 Å². The zero-order valence-electron chi connectivity index (χ0n) is 11.7. The van der Waals surface area contributed by atoms with Crippen molar-refractivity contribution in [3.8, 4) is 0 Å². The Balaban J connectivity index is 2.24. The SMILES string of the molecule is O=C(O)c1nn(Cc2c(F)cccc2Cl)c(=O)c2ccccc12. The van der Waals surface area contributed by atoms with Gasteiger partial charge in [-0.25, -0.2) is 13.9 Å². The Morgan fingerprint density at radius 3 is 2.52 bits per heavy atom. The van der Waals surface area contributed by atoms with Crippen LogP contribution in [0.2, 0.25) is 5.02 Å². The quantitative estimate of drug-likeness (QED) is 0.800. The van der Waals surface area contributed by atoms with Crippen LogP contribution < -0.4 is 5.56 Å². The third-order valence-electron chi connectivity index (χ3n) is 3.44. The van der Waals surface area contributed by atoms with Gasteiger partial charge in [-0.1, -0.05) is 35.9 Å². The van der Waals surface area contributed by atoms with Gasteiger partial charge in [-0.3, -0.25) is 4.79 Å². The Bertz CT molecular complexity index is 964. The van der Waals surface area contributed by atoms with Crippen molar-refractivity contribution in [1.82, 2.24) is 9.78 Å². The highest BCUT2D eigenvalue weighted by molar-refractivity contribution is 6.31. The molecule has 3 aromatic rings. The van der Waals surface area contributed by atoms with E-state index in [1.165, 1.54) is 30.3 Å². The second-order valence-electron chi connectivity index (χ2n) is 4.86. The molecule has 1 N–H and O–H groups in total. The fourth-order valence-corrected chi connectivity index (χ4v) is 2.56. The van der Waals surface area contributed by atoms with Crippen LogP contribution in [0.15, 0.2) is 47.3 Å². The van der Waals surface area contributed by atoms with Gasteiger partial charge >= 0.3 is 5.97 Å². The van der Waals surface area contributed by atoms with Crippen molar-refractivity contribution in [2.45, 2.75) is 6.54 Å². The van der Waals surface area contributed by atoms with Crippen LogP contribution in [0.5, 0.6) is 0 Å². The van der Waals surface area contributed by atoms with Crippen molar-refractivity contribution < 1.29 is 14.3 Å². The smallest absolute Gasteiger partial charge is 0.357 e. The van der Waals surface area contributed by atoms with Crippen molar-refractivity contribution in [1.29, 1.82) is 0 Å². The number of fused-ring (bicyclic) bond motifs is 1. The summed E-state index contributed by atoms with van der Waals surface area (Å²) >= 11 is 5.95. The lowest BCUT2D eigenvalue weighted by Gasteiger charge is -2.10. The van der Waals surface area contributed by atoms with Crippen molar-refractivity contribution in [2.75, 3.05) is 0 Å². The molecule has 0 radical (unpaired) electrons. The second kappa shape index (κ2) is 5.81. The van der Waals surface area contributed by atoms with E-state index in [1.807, 2.05) is 0 Å². The third-order valence-corrected chi connectivity index (χ3v) is 3.79. The van der Waals surface area contributed by atoms with E-state index in [0.717, 1.165) is 4.68 Å². The zero-order chi connectivity index (χ0) is 16.6. The summed E-state index contributed by atoms with van der Waals surface area (Å²) in [4.78, 5) is 23.9. The average Bonchev–Trinajstić information content (AvgIpc) is 2.53. The maximum Gasteiger partial charge on any atom is 0.357 e. The van der Waals surface area contributed by atoms with Gasteiger partial charge in [0.05, 0.1) is 11.9 Å². The van der Waals surface area contributed by atoms with E-state index in [4.69, 9.17) is 11.6 Å². The van der Waals surface area contributed by atoms with Gasteiger partial charge in [-0.05, 0) is 18.2 Å². The number of carbonyl (C=O) groups is 1. The Morgan fingerprint density at radius 2 is 1.87 bits per heavy atom. The first kappa shape index (κ1) is 15.2. The van der Waals surface area contributed by atoms with E-state index >= 15 is 0 Å². The highest BCUT2D eigenvalue weighted by atomic mass is 35.5. The molecule has 0 aliphatic rings. The van der Waals surface area contributed by atoms with Gasteiger partial charge in [-0.2, -0.15) is 5.10 Å². The average molecular weight is 333 g/mol. The monoisotopic (exact) mass is 332 g/mol. The van der Waals surface area contributed by atoms with Gasteiger partial charge in [0.2, 0.25) is 0 Å². The minimum Gasteiger partial charge on any atom is -0.476 e. The molecule has 1 aromatic heterocycles. The van der Waals surface area contributed by atoms with Crippen LogP contribution in [0.4, 0.5) is 4.39 Å². The van der Waals surface area contributed by atoms with E-state index in [9.17, 15) is 19.1 Å². The highest BCUT2D eigenvalue weighted by Gasteiger charge is 2.17. The lowest BCUT2D eigenvalue weighted by molar-refractivity contribution is 0.0690. The molecule has 0 fully saturated rings. The molecule has 0 aliphatic heterocycles. The van der Waals surface area contributed by atoms with Crippen LogP contribution in [-0.4, -0.2) is 20.9 Å². The number of carboxylic acids is 1. The summed E-state index contributed by atoms with van der Waals surface area (Å²) in [5.74, 6) is -1.86. The van der Waals surface area contributed by atoms with Gasteiger partial charge < -0.3 is 5.11 Å². The van der Waals surface area contributed by atoms with Crippen LogP contribution >= 0.6 is 11.6 Å². The molecular formula is C16H10ClFN2O3. The first-order valence-corrected chi connectivity index (χ1v) is 7.03. The molecular weight excluding hydrogens is 323 g/mol. The number of aromatic carboxylic acids is 1. The Morgan fingerprint density at radius 1 is 1.17 bits per heavy atom. The molecule has 0 amide bonds. The van der Waals surface area contributed by atoms with Gasteiger partial charge in [0.25, 0.3) is 5.56 Å². The molecule has 1 heterocycles. The maximum absolute atomic E-state index is 13.9. The van der Waals surface area contributed by atoms with Gasteiger partial charge in [-0.15, -0.1) is 0 Å². The van der Waals surface area contributed by atoms with Gasteiger partial charge in [0, 0.05) is 16.0 Å². The van der Waals surface area contributed by atoms with E-state index < -0.39 is 17.3 Å². The van der Waals surface area contributed by atoms with Crippen molar-refractivity contribution in [2.24, 2.45) is 0 Å². The van der Waals surface area contributed by atoms with Crippen molar-refractivity contribution in [3.05, 3.63) is 74.9 Å². The number of hydrogen-bond donors (Lipinski definition) is 1. The van der Waals surface area contributed by atoms with Gasteiger partial charge in [0.1, 0.15) is 5.82 Å². The normalized spacial score (nSPS) is 10.9. The van der Waals surface area contributed by atoms with Crippen molar-refractivity contribution in [3.63, 3.8) is 0 Å². The Kier molecular flexibility index (Phi) is 3.83. The number of nitrogens with zero attached hydrogens (tertiary/aromatic N) is 2. The molecule has 23 heavy (non-hydrogen) atoms. The number of halogens is 2. The standard InChI is InChI=1S/C16H10ClFN2O3/c17-12-6-3-7-13(18)11(12)8-20-15(21)10-5-2-1-4-9(10)14(19-20)16(22)23/h1-7H,8H2,(H,22,23). The Hall–Kier alpha value is -2.73. The van der Waals surface area contributed by atoms with Crippen molar-refractivity contribution >= 4 is 28.3 Å². The minimum atomic E-state index is -1.27. The minimum absolute atomic E-state index is 0.0791. The summed E-state index contributed by atoms with van der Waals surface area (Å²) in [7, 11) is 0. The summed E-state index contributed by atoms with van der Waals surface area (Å²) in [6.45, 7) is -0.255. The van der Waals surface area contributed by atoms with E-state index in [-0.39, 0.29) is 33.6 Å². The summed E-state index contributed by atoms with van der Waals surface area (Å²) in [5.41, 5.74) is -0.701. The first-order valence-electron chi connectivity index (χ1n) is 6.65. The summed E-state index contributed by atoms with van der Waals surface area (Å²) in [5, 5.41) is 13.7. The van der Waals surface area contributed by atoms with Crippen LogP contribution in [0.25, 0.3) is 10.8 Å². The molecule has 0 saturated heterocycles. The molecule has 0 saturated carbocycles. The number of hydrogen-bond acceptors (Lipinski definition) is 3. The first-order chi connectivity index (χ1) is 11.0. The molecule has 3 rings (SSSR count). The third kappa shape index (κ3) is 2.68. The number of aromatic nitrogens is 2. The summed E-state index contributed by atoms with van der Waals surface area (Å²) in [6, 6.07) is 10.4. The highest BCUT2D eigenvalue weighted by Crippen LogP contribution is 2.20. The summed E-state index contributed by atoms with van der Waals surface area (Å²) in [6.07, 6.45) is 0. The summed E-state index contributed by atoms with van der Waals surface area (Å²) < 4.78 is 14.8. The van der Waals surface area contributed by atoms with Crippen LogP contribution in [-0.2, 0) is 6.54 Å². The number of carboxylic acid groups (broad SMARTS) is 1. The molecule has 116 valence electrons. The lowest BCUT2D eigenvalue weighted by Crippen LogP contribution is -2.27. The fraction of sp³-hybridized carbons (Fsp3) is 0.0625. The van der Waals surface area contributed by atoms with Gasteiger partial charge in [0.15, 0.2) is 5.69 Å². The molecule has 0 spiro atoms. The topological polar surface area (TPSA) is 72.2 Å². The predicted molar refractivity (Wildman–Crippen MR) is 83.5 cm³/mol. The van der Waals surface area contributed by atoms with Crippen LogP contribution in [0, 0.1) is 5.82 Å². The molecule has 7 heteroatoms. The molecule has 0 bridgehead atoms. The zero-order valence-corrected chi connectivity index (χ0v) is 12.4. The van der Waals surface area contributed by atoms with Crippen LogP contribution in [0.3, 0.4) is 0 Å². The molecule has 0 atom stereocenters. The maximum atomic E-state index is 13.9. The molecule has 0 unspecified atom stereocenters. The molecule has 2 aromatic carbocycles. The Labute approximate surface area is 134 Å². The molecule has 5 nitrogen and oxygen atoms in total. The van der Waals surface area contributed by atoms with E-state index in [1.54, 1.807) is 12.1 Å². The molecule has 0 aliphatic carbocycles. The lowest BCUT2D eigenvalue weighted by atomic mass is 10.1. The fourth-order valence-electron chi connectivity index (χ4n) is 2.33. The van der Waals surface area contributed by atoms with E-state index in [2.05, 4.69) is 5.10 Å².